The Labute approximate surface area is 108 Å². The second-order valence-electron chi connectivity index (χ2n) is 4.62. The van der Waals surface area contributed by atoms with Crippen molar-refractivity contribution in [2.24, 2.45) is 0 Å². The fourth-order valence-corrected chi connectivity index (χ4v) is 1.72. The van der Waals surface area contributed by atoms with Crippen molar-refractivity contribution in [2.45, 2.75) is 39.3 Å². The topological polar surface area (TPSA) is 61.4 Å². The van der Waals surface area contributed by atoms with Gasteiger partial charge in [0.15, 0.2) is 0 Å². The summed E-state index contributed by atoms with van der Waals surface area (Å²) in [6.45, 7) is 6.11. The smallest absolute Gasteiger partial charge is 0.221 e. The number of amides is 1. The van der Waals surface area contributed by atoms with Gasteiger partial charge in [-0.3, -0.25) is 4.79 Å². The predicted octanol–water partition coefficient (Wildman–Crippen LogP) is 2.07. The van der Waals surface area contributed by atoms with Crippen molar-refractivity contribution in [3.05, 3.63) is 29.8 Å². The zero-order chi connectivity index (χ0) is 13.5. The van der Waals surface area contributed by atoms with Crippen LogP contribution in [0.2, 0.25) is 0 Å². The van der Waals surface area contributed by atoms with Gasteiger partial charge in [0.1, 0.15) is 0 Å². The van der Waals surface area contributed by atoms with Crippen LogP contribution in [0.25, 0.3) is 0 Å². The molecule has 0 aliphatic carbocycles. The molecule has 0 heterocycles. The highest BCUT2D eigenvalue weighted by Gasteiger charge is 2.06. The first kappa shape index (κ1) is 14.7. The summed E-state index contributed by atoms with van der Waals surface area (Å²) in [7, 11) is 0. The molecule has 0 saturated heterocycles. The average Bonchev–Trinajstić information content (AvgIpc) is 2.27. The molecule has 1 rings (SSSR count). The standard InChI is InChI=1S/C14H22N2O2/c1-10(17)7-8-15-11(2)13-5-4-6-14(9-13)16-12(3)18/h4-6,9-11,15,17H,7-8H2,1-3H3,(H,16,18). The van der Waals surface area contributed by atoms with Gasteiger partial charge in [-0.2, -0.15) is 0 Å². The molecule has 0 aromatic heterocycles. The van der Waals surface area contributed by atoms with E-state index in [-0.39, 0.29) is 18.1 Å². The van der Waals surface area contributed by atoms with E-state index < -0.39 is 0 Å². The maximum atomic E-state index is 11.0. The quantitative estimate of drug-likeness (QED) is 0.724. The van der Waals surface area contributed by atoms with E-state index in [9.17, 15) is 9.90 Å². The van der Waals surface area contributed by atoms with Gasteiger partial charge in [0.25, 0.3) is 0 Å². The molecule has 100 valence electrons. The Kier molecular flexibility index (Phi) is 5.82. The van der Waals surface area contributed by atoms with Crippen molar-refractivity contribution >= 4 is 11.6 Å². The van der Waals surface area contributed by atoms with Gasteiger partial charge < -0.3 is 15.7 Å². The number of hydrogen-bond acceptors (Lipinski definition) is 3. The summed E-state index contributed by atoms with van der Waals surface area (Å²) in [6, 6.07) is 7.96. The van der Waals surface area contributed by atoms with Crippen LogP contribution < -0.4 is 10.6 Å². The Balaban J connectivity index is 2.56. The molecule has 2 atom stereocenters. The lowest BCUT2D eigenvalue weighted by Gasteiger charge is -2.16. The molecule has 4 nitrogen and oxygen atoms in total. The van der Waals surface area contributed by atoms with Crippen molar-refractivity contribution in [1.82, 2.24) is 5.32 Å². The number of carbonyl (C=O) groups is 1. The van der Waals surface area contributed by atoms with E-state index in [1.54, 1.807) is 6.92 Å². The van der Waals surface area contributed by atoms with E-state index in [4.69, 9.17) is 0 Å². The van der Waals surface area contributed by atoms with Gasteiger partial charge in [0.2, 0.25) is 5.91 Å². The fourth-order valence-electron chi connectivity index (χ4n) is 1.72. The third-order valence-electron chi connectivity index (χ3n) is 2.72. The summed E-state index contributed by atoms with van der Waals surface area (Å²) in [5.74, 6) is -0.0677. The third kappa shape index (κ3) is 5.29. The zero-order valence-corrected chi connectivity index (χ0v) is 11.2. The van der Waals surface area contributed by atoms with E-state index >= 15 is 0 Å². The van der Waals surface area contributed by atoms with Crippen molar-refractivity contribution in [2.75, 3.05) is 11.9 Å². The molecule has 0 spiro atoms. The van der Waals surface area contributed by atoms with Gasteiger partial charge in [-0.05, 0) is 44.5 Å². The second kappa shape index (κ2) is 7.13. The number of anilines is 1. The highest BCUT2D eigenvalue weighted by atomic mass is 16.3. The molecule has 0 aliphatic heterocycles. The highest BCUT2D eigenvalue weighted by Crippen LogP contribution is 2.17. The minimum atomic E-state index is -0.282. The van der Waals surface area contributed by atoms with Crippen LogP contribution in [0.1, 0.15) is 38.8 Å². The van der Waals surface area contributed by atoms with Gasteiger partial charge >= 0.3 is 0 Å². The van der Waals surface area contributed by atoms with Gasteiger partial charge in [0.05, 0.1) is 6.10 Å². The lowest BCUT2D eigenvalue weighted by molar-refractivity contribution is -0.114. The first-order valence-corrected chi connectivity index (χ1v) is 6.28. The van der Waals surface area contributed by atoms with E-state index in [1.165, 1.54) is 6.92 Å². The normalized spacial score (nSPS) is 14.0. The number of benzene rings is 1. The Morgan fingerprint density at radius 1 is 1.39 bits per heavy atom. The van der Waals surface area contributed by atoms with Gasteiger partial charge in [-0.25, -0.2) is 0 Å². The Bertz CT molecular complexity index is 391. The summed E-state index contributed by atoms with van der Waals surface area (Å²) in [4.78, 5) is 11.0. The van der Waals surface area contributed by atoms with Crippen LogP contribution in [0.5, 0.6) is 0 Å². The van der Waals surface area contributed by atoms with E-state index in [0.29, 0.717) is 0 Å². The number of nitrogens with one attached hydrogen (secondary N) is 2. The number of aliphatic hydroxyl groups is 1. The Hall–Kier alpha value is -1.39. The van der Waals surface area contributed by atoms with E-state index in [1.807, 2.05) is 24.3 Å². The van der Waals surface area contributed by atoms with Crippen molar-refractivity contribution < 1.29 is 9.90 Å². The van der Waals surface area contributed by atoms with Crippen LogP contribution in [0.4, 0.5) is 5.69 Å². The minimum absolute atomic E-state index is 0.0677. The average molecular weight is 250 g/mol. The molecule has 0 fully saturated rings. The number of carbonyl (C=O) groups excluding carboxylic acids is 1. The van der Waals surface area contributed by atoms with E-state index in [2.05, 4.69) is 17.6 Å². The molecule has 3 N–H and O–H groups in total. The lowest BCUT2D eigenvalue weighted by Crippen LogP contribution is -2.22. The van der Waals surface area contributed by atoms with Crippen LogP contribution in [-0.2, 0) is 4.79 Å². The molecular formula is C14H22N2O2. The summed E-state index contributed by atoms with van der Waals surface area (Å²) >= 11 is 0. The molecule has 1 amide bonds. The largest absolute Gasteiger partial charge is 0.393 e. The third-order valence-corrected chi connectivity index (χ3v) is 2.72. The first-order chi connectivity index (χ1) is 8.49. The zero-order valence-electron chi connectivity index (χ0n) is 11.2. The van der Waals surface area contributed by atoms with Crippen LogP contribution in [0.3, 0.4) is 0 Å². The maximum absolute atomic E-state index is 11.0. The van der Waals surface area contributed by atoms with Crippen molar-refractivity contribution in [3.8, 4) is 0 Å². The summed E-state index contributed by atoms with van der Waals surface area (Å²) in [5, 5.41) is 15.3. The van der Waals surface area contributed by atoms with Crippen molar-refractivity contribution in [3.63, 3.8) is 0 Å². The van der Waals surface area contributed by atoms with Crippen LogP contribution in [-0.4, -0.2) is 23.7 Å². The monoisotopic (exact) mass is 250 g/mol. The molecule has 18 heavy (non-hydrogen) atoms. The molecule has 0 bridgehead atoms. The fraction of sp³-hybridized carbons (Fsp3) is 0.500. The highest BCUT2D eigenvalue weighted by molar-refractivity contribution is 5.88. The number of hydrogen-bond donors (Lipinski definition) is 3. The van der Waals surface area contributed by atoms with Gasteiger partial charge in [0, 0.05) is 18.7 Å². The van der Waals surface area contributed by atoms with Crippen LogP contribution in [0.15, 0.2) is 24.3 Å². The number of aliphatic hydroxyl groups excluding tert-OH is 1. The van der Waals surface area contributed by atoms with Crippen molar-refractivity contribution in [1.29, 1.82) is 0 Å². The Morgan fingerprint density at radius 3 is 2.72 bits per heavy atom. The lowest BCUT2D eigenvalue weighted by atomic mass is 10.1. The Morgan fingerprint density at radius 2 is 2.11 bits per heavy atom. The molecule has 0 radical (unpaired) electrons. The summed E-state index contributed by atoms with van der Waals surface area (Å²) in [6.07, 6.45) is 0.450. The SMILES string of the molecule is CC(=O)Nc1cccc(C(C)NCCC(C)O)c1. The molecular weight excluding hydrogens is 228 g/mol. The summed E-state index contributed by atoms with van der Waals surface area (Å²) in [5.41, 5.74) is 1.93. The van der Waals surface area contributed by atoms with Gasteiger partial charge in [-0.1, -0.05) is 12.1 Å². The summed E-state index contributed by atoms with van der Waals surface area (Å²) < 4.78 is 0. The maximum Gasteiger partial charge on any atom is 0.221 e. The molecule has 2 unspecified atom stereocenters. The second-order valence-corrected chi connectivity index (χ2v) is 4.62. The van der Waals surface area contributed by atoms with Crippen LogP contribution >= 0.6 is 0 Å². The number of rotatable bonds is 6. The van der Waals surface area contributed by atoms with Crippen LogP contribution in [0, 0.1) is 0 Å². The first-order valence-electron chi connectivity index (χ1n) is 6.28. The molecule has 4 heteroatoms. The van der Waals surface area contributed by atoms with E-state index in [0.717, 1.165) is 24.2 Å². The molecule has 1 aromatic rings. The molecule has 1 aromatic carbocycles. The minimum Gasteiger partial charge on any atom is -0.393 e. The molecule has 0 aliphatic rings. The predicted molar refractivity (Wildman–Crippen MR) is 73.5 cm³/mol. The van der Waals surface area contributed by atoms with Gasteiger partial charge in [-0.15, -0.1) is 0 Å². The molecule has 0 saturated carbocycles.